The molecule has 216 valence electrons. The van der Waals surface area contributed by atoms with E-state index in [2.05, 4.69) is 29.1 Å². The van der Waals surface area contributed by atoms with Gasteiger partial charge in [0.1, 0.15) is 29.6 Å². The molecule has 0 aliphatic rings. The summed E-state index contributed by atoms with van der Waals surface area (Å²) in [6.45, 7) is 6.16. The first-order valence-electron chi connectivity index (χ1n) is 13.2. The van der Waals surface area contributed by atoms with E-state index in [4.69, 9.17) is 5.73 Å². The van der Waals surface area contributed by atoms with E-state index in [0.29, 0.717) is 28.3 Å². The molecule has 2 aromatic carbocycles. The molecule has 2 unspecified atom stereocenters. The number of nitrogens with one attached hydrogen (secondary N) is 1. The summed E-state index contributed by atoms with van der Waals surface area (Å²) < 4.78 is 42.8. The average molecular weight is 566 g/mol. The number of pyridine rings is 1. The molecule has 2 heterocycles. The van der Waals surface area contributed by atoms with E-state index in [1.807, 2.05) is 17.7 Å². The highest BCUT2D eigenvalue weighted by Crippen LogP contribution is 2.30. The number of aromatic nitrogens is 3. The van der Waals surface area contributed by atoms with Crippen LogP contribution in [0.2, 0.25) is 0 Å². The van der Waals surface area contributed by atoms with E-state index >= 15 is 0 Å². The predicted molar refractivity (Wildman–Crippen MR) is 152 cm³/mol. The van der Waals surface area contributed by atoms with Crippen LogP contribution in [0.1, 0.15) is 72.6 Å². The van der Waals surface area contributed by atoms with Gasteiger partial charge >= 0.3 is 0 Å². The number of carbonyl (C=O) groups excluding carboxylic acids is 2. The molecular weight excluding hydrogens is 531 g/mol. The Hall–Kier alpha value is -4.31. The van der Waals surface area contributed by atoms with Gasteiger partial charge in [-0.05, 0) is 61.3 Å². The first-order chi connectivity index (χ1) is 19.6. The Morgan fingerprint density at radius 1 is 1.05 bits per heavy atom. The van der Waals surface area contributed by atoms with Gasteiger partial charge in [0.15, 0.2) is 0 Å². The number of rotatable bonds is 10. The zero-order valence-corrected chi connectivity index (χ0v) is 23.4. The van der Waals surface area contributed by atoms with E-state index in [1.54, 1.807) is 31.6 Å². The normalized spacial score (nSPS) is 12.4. The molecule has 3 N–H and O–H groups in total. The monoisotopic (exact) mass is 565 g/mol. The lowest BCUT2D eigenvalue weighted by Crippen LogP contribution is -2.21. The molecule has 0 aliphatic carbocycles. The molecule has 0 radical (unpaired) electrons. The number of imidazole rings is 1. The molecule has 4 aromatic rings. The Morgan fingerprint density at radius 2 is 1.76 bits per heavy atom. The number of nitrogens with two attached hydrogens (primary N) is 1. The number of likely N-dealkylation sites (N-methyl/N-ethyl adjacent to an activating group) is 1. The minimum Gasteiger partial charge on any atom is -0.366 e. The second-order valence-corrected chi connectivity index (χ2v) is 9.78. The maximum atomic E-state index is 13.8. The van der Waals surface area contributed by atoms with Gasteiger partial charge in [-0.25, -0.2) is 18.2 Å². The number of nitrogens with zero attached hydrogens (tertiary/aromatic N) is 3. The van der Waals surface area contributed by atoms with Gasteiger partial charge in [0, 0.05) is 36.1 Å². The number of primary amides is 1. The van der Waals surface area contributed by atoms with Gasteiger partial charge in [-0.1, -0.05) is 32.9 Å². The number of benzene rings is 2. The highest BCUT2D eigenvalue weighted by Gasteiger charge is 2.19. The highest BCUT2D eigenvalue weighted by atomic mass is 19.1. The molecule has 4 rings (SSSR count). The second kappa shape index (κ2) is 14.4. The lowest BCUT2D eigenvalue weighted by Gasteiger charge is -2.19. The zero-order chi connectivity index (χ0) is 30.1. The van der Waals surface area contributed by atoms with Crippen molar-refractivity contribution in [3.05, 3.63) is 107 Å². The summed E-state index contributed by atoms with van der Waals surface area (Å²) in [5.74, 6) is -1.54. The molecule has 2 atom stereocenters. The SMILES string of the molecule is CCC(C=O)n1ccnc1C(C)C.CNC(Cc1cc(F)cc(F)c1)c1ncccc1-c1ccc(F)c(C(N)=O)c1. The van der Waals surface area contributed by atoms with E-state index in [9.17, 15) is 22.8 Å². The highest BCUT2D eigenvalue weighted by molar-refractivity contribution is 5.94. The molecule has 2 aromatic heterocycles. The zero-order valence-electron chi connectivity index (χ0n) is 23.4. The number of hydrogen-bond acceptors (Lipinski definition) is 5. The third-order valence-corrected chi connectivity index (χ3v) is 6.57. The third-order valence-electron chi connectivity index (χ3n) is 6.57. The number of aldehydes is 1. The topological polar surface area (TPSA) is 103 Å². The van der Waals surface area contributed by atoms with E-state index in [-0.39, 0.29) is 24.1 Å². The van der Waals surface area contributed by atoms with E-state index < -0.39 is 23.4 Å². The Bertz CT molecular complexity index is 1470. The standard InChI is InChI=1S/C21H18F3N3O.C10H16N2O/c1-26-19(9-12-7-14(22)11-15(23)8-12)20-16(3-2-6-27-20)13-4-5-18(24)17(10-13)21(25)28;1-4-9(7-13)12-6-5-11-10(12)8(2)3/h2-8,10-11,19,26H,9H2,1H3,(H2,25,28);5-9H,4H2,1-3H3. The Balaban J connectivity index is 0.000000298. The van der Waals surface area contributed by atoms with Gasteiger partial charge in [0.2, 0.25) is 0 Å². The molecule has 0 fully saturated rings. The van der Waals surface area contributed by atoms with Crippen LogP contribution in [0.5, 0.6) is 0 Å². The average Bonchev–Trinajstić information content (AvgIpc) is 3.43. The first kappa shape index (κ1) is 31.2. The number of halogens is 3. The molecule has 1 amide bonds. The van der Waals surface area contributed by atoms with Gasteiger partial charge in [-0.3, -0.25) is 9.78 Å². The Kier molecular flexibility index (Phi) is 10.9. The minimum absolute atomic E-state index is 0.0556. The van der Waals surface area contributed by atoms with Gasteiger partial charge in [-0.2, -0.15) is 0 Å². The summed E-state index contributed by atoms with van der Waals surface area (Å²) in [7, 11) is 1.71. The molecule has 0 aliphatic heterocycles. The van der Waals surface area contributed by atoms with Crippen LogP contribution >= 0.6 is 0 Å². The van der Waals surface area contributed by atoms with Crippen molar-refractivity contribution in [1.82, 2.24) is 19.9 Å². The van der Waals surface area contributed by atoms with Crippen LogP contribution in [0.3, 0.4) is 0 Å². The molecule has 7 nitrogen and oxygen atoms in total. The molecule has 0 spiro atoms. The van der Waals surface area contributed by atoms with Gasteiger partial charge in [0.25, 0.3) is 5.91 Å². The quantitative estimate of drug-likeness (QED) is 0.232. The van der Waals surface area contributed by atoms with Crippen LogP contribution in [0.4, 0.5) is 13.2 Å². The fourth-order valence-corrected chi connectivity index (χ4v) is 4.53. The molecule has 0 saturated heterocycles. The van der Waals surface area contributed by atoms with Crippen LogP contribution in [0, 0.1) is 17.5 Å². The minimum atomic E-state index is -0.870. The molecular formula is C31H34F3N5O2. The van der Waals surface area contributed by atoms with E-state index in [0.717, 1.165) is 24.6 Å². The lowest BCUT2D eigenvalue weighted by molar-refractivity contribution is -0.110. The van der Waals surface area contributed by atoms with Crippen LogP contribution in [-0.4, -0.2) is 33.8 Å². The first-order valence-corrected chi connectivity index (χ1v) is 13.2. The van der Waals surface area contributed by atoms with Gasteiger partial charge < -0.3 is 20.4 Å². The predicted octanol–water partition coefficient (Wildman–Crippen LogP) is 5.92. The van der Waals surface area contributed by atoms with Crippen molar-refractivity contribution in [3.8, 4) is 11.1 Å². The summed E-state index contributed by atoms with van der Waals surface area (Å²) in [5.41, 5.74) is 7.29. The number of amides is 1. The summed E-state index contributed by atoms with van der Waals surface area (Å²) in [5, 5.41) is 3.09. The lowest BCUT2D eigenvalue weighted by atomic mass is 9.94. The van der Waals surface area contributed by atoms with Crippen molar-refractivity contribution in [2.75, 3.05) is 7.05 Å². The van der Waals surface area contributed by atoms with Crippen molar-refractivity contribution >= 4 is 12.2 Å². The smallest absolute Gasteiger partial charge is 0.251 e. The fraction of sp³-hybridized carbons (Fsp3) is 0.290. The van der Waals surface area contributed by atoms with Gasteiger partial charge in [0.05, 0.1) is 23.3 Å². The second-order valence-electron chi connectivity index (χ2n) is 9.78. The Labute approximate surface area is 237 Å². The number of carbonyl (C=O) groups is 2. The summed E-state index contributed by atoms with van der Waals surface area (Å²) in [6.07, 6.45) is 7.29. The van der Waals surface area contributed by atoms with Crippen LogP contribution in [0.15, 0.2) is 67.1 Å². The number of hydrogen-bond donors (Lipinski definition) is 2. The van der Waals surface area contributed by atoms with Crippen LogP contribution < -0.4 is 11.1 Å². The van der Waals surface area contributed by atoms with Crippen molar-refractivity contribution in [2.45, 2.75) is 51.6 Å². The van der Waals surface area contributed by atoms with Crippen LogP contribution in [-0.2, 0) is 11.2 Å². The maximum absolute atomic E-state index is 13.8. The third kappa shape index (κ3) is 7.88. The van der Waals surface area contributed by atoms with Gasteiger partial charge in [-0.15, -0.1) is 0 Å². The molecule has 41 heavy (non-hydrogen) atoms. The van der Waals surface area contributed by atoms with E-state index in [1.165, 1.54) is 30.3 Å². The molecule has 0 bridgehead atoms. The Morgan fingerprint density at radius 3 is 2.34 bits per heavy atom. The molecule has 0 saturated carbocycles. The molecule has 10 heteroatoms. The van der Waals surface area contributed by atoms with Crippen molar-refractivity contribution < 1.29 is 22.8 Å². The largest absolute Gasteiger partial charge is 0.366 e. The fourth-order valence-electron chi connectivity index (χ4n) is 4.53. The van der Waals surface area contributed by atoms with Crippen molar-refractivity contribution in [2.24, 2.45) is 5.73 Å². The summed E-state index contributed by atoms with van der Waals surface area (Å²) >= 11 is 0. The maximum Gasteiger partial charge on any atom is 0.251 e. The van der Waals surface area contributed by atoms with Crippen molar-refractivity contribution in [3.63, 3.8) is 0 Å². The van der Waals surface area contributed by atoms with Crippen LogP contribution in [0.25, 0.3) is 11.1 Å². The summed E-state index contributed by atoms with van der Waals surface area (Å²) in [4.78, 5) is 30.9. The summed E-state index contributed by atoms with van der Waals surface area (Å²) in [6, 6.07) is 10.5. The van der Waals surface area contributed by atoms with Crippen molar-refractivity contribution in [1.29, 1.82) is 0 Å².